The number of fused-ring (bicyclic) bond motifs is 1. The average Bonchev–Trinajstić information content (AvgIpc) is 3.12. The fourth-order valence-electron chi connectivity index (χ4n) is 3.09. The zero-order chi connectivity index (χ0) is 18.1. The Balaban J connectivity index is 1.46. The molecule has 3 aromatic rings. The van der Waals surface area contributed by atoms with E-state index < -0.39 is 0 Å². The van der Waals surface area contributed by atoms with Crippen LogP contribution in [-0.4, -0.2) is 49.1 Å². The summed E-state index contributed by atoms with van der Waals surface area (Å²) in [5.41, 5.74) is 1.63. The van der Waals surface area contributed by atoms with Crippen molar-refractivity contribution in [3.63, 3.8) is 0 Å². The quantitative estimate of drug-likeness (QED) is 0.627. The molecule has 1 saturated heterocycles. The van der Waals surface area contributed by atoms with Gasteiger partial charge in [-0.05, 0) is 36.4 Å². The number of methoxy groups -OCH3 is 1. The normalized spacial score (nSPS) is 14.7. The van der Waals surface area contributed by atoms with E-state index in [0.717, 1.165) is 44.2 Å². The monoisotopic (exact) mass is 431 g/mol. The van der Waals surface area contributed by atoms with Gasteiger partial charge in [0.15, 0.2) is 5.13 Å². The third-order valence-corrected chi connectivity index (χ3v) is 6.13. The van der Waals surface area contributed by atoms with E-state index in [2.05, 4.69) is 26.9 Å². The smallest absolute Gasteiger partial charge is 0.253 e. The number of carbonyl (C=O) groups is 1. The molecule has 134 valence electrons. The maximum absolute atomic E-state index is 12.6. The Morgan fingerprint density at radius 2 is 1.85 bits per heavy atom. The number of anilines is 1. The van der Waals surface area contributed by atoms with E-state index in [1.54, 1.807) is 18.4 Å². The molecule has 0 radical (unpaired) electrons. The summed E-state index contributed by atoms with van der Waals surface area (Å²) in [5.74, 6) is 0.886. The molecule has 1 aliphatic rings. The van der Waals surface area contributed by atoms with Crippen LogP contribution in [0.1, 0.15) is 10.4 Å². The summed E-state index contributed by atoms with van der Waals surface area (Å²) in [6.45, 7) is 2.96. The summed E-state index contributed by atoms with van der Waals surface area (Å²) >= 11 is 5.07. The van der Waals surface area contributed by atoms with Gasteiger partial charge in [-0.2, -0.15) is 0 Å². The highest BCUT2D eigenvalue weighted by Gasteiger charge is 2.24. The van der Waals surface area contributed by atoms with Gasteiger partial charge in [0, 0.05) is 36.2 Å². The van der Waals surface area contributed by atoms with Gasteiger partial charge in [-0.1, -0.05) is 33.3 Å². The highest BCUT2D eigenvalue weighted by Crippen LogP contribution is 2.34. The highest BCUT2D eigenvalue weighted by atomic mass is 79.9. The Kier molecular flexibility index (Phi) is 4.82. The molecule has 0 spiro atoms. The fraction of sp³-hybridized carbons (Fsp3) is 0.263. The standard InChI is InChI=1S/C19H18BrN3O2S/c1-25-15-3-2-4-16-17(15)21-19(26-16)23-11-9-22(10-12-23)18(24)13-5-7-14(20)8-6-13/h2-8H,9-12H2,1H3. The first kappa shape index (κ1) is 17.3. The minimum atomic E-state index is 0.0862. The number of amides is 1. The van der Waals surface area contributed by atoms with Gasteiger partial charge >= 0.3 is 0 Å². The van der Waals surface area contributed by atoms with Crippen molar-refractivity contribution in [3.05, 3.63) is 52.5 Å². The highest BCUT2D eigenvalue weighted by molar-refractivity contribution is 9.10. The number of para-hydroxylation sites is 1. The third-order valence-electron chi connectivity index (χ3n) is 4.52. The van der Waals surface area contributed by atoms with Gasteiger partial charge in [0.25, 0.3) is 5.91 Å². The number of thiazole rings is 1. The number of nitrogens with zero attached hydrogens (tertiary/aromatic N) is 3. The van der Waals surface area contributed by atoms with E-state index in [4.69, 9.17) is 9.72 Å². The van der Waals surface area contributed by atoms with Crippen LogP contribution in [0.25, 0.3) is 10.2 Å². The minimum Gasteiger partial charge on any atom is -0.494 e. The van der Waals surface area contributed by atoms with Gasteiger partial charge in [-0.15, -0.1) is 0 Å². The molecule has 1 aromatic heterocycles. The van der Waals surface area contributed by atoms with Crippen LogP contribution in [0.3, 0.4) is 0 Å². The predicted molar refractivity (Wildman–Crippen MR) is 108 cm³/mol. The lowest BCUT2D eigenvalue weighted by Crippen LogP contribution is -2.48. The van der Waals surface area contributed by atoms with Crippen molar-refractivity contribution < 1.29 is 9.53 Å². The summed E-state index contributed by atoms with van der Waals surface area (Å²) in [7, 11) is 1.67. The fourth-order valence-corrected chi connectivity index (χ4v) is 4.39. The minimum absolute atomic E-state index is 0.0862. The molecular weight excluding hydrogens is 414 g/mol. The van der Waals surface area contributed by atoms with Crippen LogP contribution < -0.4 is 9.64 Å². The average molecular weight is 432 g/mol. The number of hydrogen-bond donors (Lipinski definition) is 0. The molecule has 7 heteroatoms. The lowest BCUT2D eigenvalue weighted by atomic mass is 10.2. The van der Waals surface area contributed by atoms with Crippen molar-refractivity contribution in [1.82, 2.24) is 9.88 Å². The van der Waals surface area contributed by atoms with Gasteiger partial charge < -0.3 is 14.5 Å². The number of piperazine rings is 1. The van der Waals surface area contributed by atoms with Crippen molar-refractivity contribution in [2.75, 3.05) is 38.2 Å². The van der Waals surface area contributed by atoms with Crippen LogP contribution >= 0.6 is 27.3 Å². The van der Waals surface area contributed by atoms with Gasteiger partial charge in [0.1, 0.15) is 11.3 Å². The molecule has 0 unspecified atom stereocenters. The van der Waals surface area contributed by atoms with Crippen LogP contribution in [0.4, 0.5) is 5.13 Å². The van der Waals surface area contributed by atoms with E-state index in [-0.39, 0.29) is 5.91 Å². The Hall–Kier alpha value is -2.12. The first-order chi connectivity index (χ1) is 12.7. The lowest BCUT2D eigenvalue weighted by molar-refractivity contribution is 0.0747. The molecule has 1 amide bonds. The number of rotatable bonds is 3. The molecule has 26 heavy (non-hydrogen) atoms. The second-order valence-corrected chi connectivity index (χ2v) is 8.01. The van der Waals surface area contributed by atoms with Gasteiger partial charge in [0.2, 0.25) is 0 Å². The Bertz CT molecular complexity index is 934. The molecule has 0 atom stereocenters. The van der Waals surface area contributed by atoms with Crippen LogP contribution in [-0.2, 0) is 0 Å². The number of ether oxygens (including phenoxy) is 1. The molecular formula is C19H18BrN3O2S. The van der Waals surface area contributed by atoms with Crippen molar-refractivity contribution >= 4 is 48.5 Å². The summed E-state index contributed by atoms with van der Waals surface area (Å²) in [6, 6.07) is 13.5. The van der Waals surface area contributed by atoms with Crippen molar-refractivity contribution in [3.8, 4) is 5.75 Å². The predicted octanol–water partition coefficient (Wildman–Crippen LogP) is 4.03. The van der Waals surface area contributed by atoms with Gasteiger partial charge in [-0.25, -0.2) is 4.98 Å². The maximum Gasteiger partial charge on any atom is 0.253 e. The molecule has 0 aliphatic carbocycles. The van der Waals surface area contributed by atoms with Crippen LogP contribution in [0, 0.1) is 0 Å². The van der Waals surface area contributed by atoms with Crippen LogP contribution in [0.2, 0.25) is 0 Å². The Morgan fingerprint density at radius 1 is 1.12 bits per heavy atom. The first-order valence-electron chi connectivity index (χ1n) is 8.39. The molecule has 4 rings (SSSR count). The number of halogens is 1. The summed E-state index contributed by atoms with van der Waals surface area (Å²) in [4.78, 5) is 21.6. The lowest BCUT2D eigenvalue weighted by Gasteiger charge is -2.34. The number of aromatic nitrogens is 1. The third kappa shape index (κ3) is 3.29. The second kappa shape index (κ2) is 7.25. The summed E-state index contributed by atoms with van der Waals surface area (Å²) in [6.07, 6.45) is 0. The van der Waals surface area contributed by atoms with Gasteiger partial charge in [-0.3, -0.25) is 4.79 Å². The summed E-state index contributed by atoms with van der Waals surface area (Å²) < 4.78 is 7.50. The topological polar surface area (TPSA) is 45.7 Å². The molecule has 1 fully saturated rings. The molecule has 0 saturated carbocycles. The van der Waals surface area contributed by atoms with E-state index in [0.29, 0.717) is 13.1 Å². The van der Waals surface area contributed by atoms with E-state index in [9.17, 15) is 4.79 Å². The maximum atomic E-state index is 12.6. The summed E-state index contributed by atoms with van der Waals surface area (Å²) in [5, 5.41) is 0.986. The Morgan fingerprint density at radius 3 is 2.54 bits per heavy atom. The largest absolute Gasteiger partial charge is 0.494 e. The number of benzene rings is 2. The van der Waals surface area contributed by atoms with Crippen molar-refractivity contribution in [2.24, 2.45) is 0 Å². The SMILES string of the molecule is COc1cccc2sc(N3CCN(C(=O)c4ccc(Br)cc4)CC3)nc12. The van der Waals surface area contributed by atoms with E-state index >= 15 is 0 Å². The number of carbonyl (C=O) groups excluding carboxylic acids is 1. The zero-order valence-corrected chi connectivity index (χ0v) is 16.7. The van der Waals surface area contributed by atoms with Crippen LogP contribution in [0.15, 0.2) is 46.9 Å². The van der Waals surface area contributed by atoms with Crippen LogP contribution in [0.5, 0.6) is 5.75 Å². The molecule has 0 N–H and O–H groups in total. The molecule has 2 aromatic carbocycles. The second-order valence-electron chi connectivity index (χ2n) is 6.09. The molecule has 1 aliphatic heterocycles. The molecule has 5 nitrogen and oxygen atoms in total. The van der Waals surface area contributed by atoms with Gasteiger partial charge in [0.05, 0.1) is 11.8 Å². The number of hydrogen-bond acceptors (Lipinski definition) is 5. The Labute approximate surface area is 164 Å². The molecule has 2 heterocycles. The van der Waals surface area contributed by atoms with Crippen molar-refractivity contribution in [1.29, 1.82) is 0 Å². The zero-order valence-electron chi connectivity index (χ0n) is 14.3. The van der Waals surface area contributed by atoms with Crippen molar-refractivity contribution in [2.45, 2.75) is 0 Å². The first-order valence-corrected chi connectivity index (χ1v) is 10.00. The van der Waals surface area contributed by atoms with E-state index in [1.807, 2.05) is 41.3 Å². The molecule has 0 bridgehead atoms. The van der Waals surface area contributed by atoms with E-state index in [1.165, 1.54) is 0 Å².